The second kappa shape index (κ2) is 35.6. The van der Waals surface area contributed by atoms with Gasteiger partial charge in [-0.3, -0.25) is 0 Å². The van der Waals surface area contributed by atoms with Crippen LogP contribution in [0.2, 0.25) is 0 Å². The van der Waals surface area contributed by atoms with Gasteiger partial charge in [-0.2, -0.15) is 0 Å². The van der Waals surface area contributed by atoms with E-state index < -0.39 is 0 Å². The van der Waals surface area contributed by atoms with Crippen molar-refractivity contribution in [3.63, 3.8) is 0 Å². The molecule has 0 saturated carbocycles. The Bertz CT molecular complexity index is 21.2. The van der Waals surface area contributed by atoms with Gasteiger partial charge in [0.1, 0.15) is 0 Å². The van der Waals surface area contributed by atoms with Crippen LogP contribution in [0.4, 0.5) is 0 Å². The van der Waals surface area contributed by atoms with E-state index in [4.69, 9.17) is 3.57 Å². The van der Waals surface area contributed by atoms with E-state index in [2.05, 4.69) is 0 Å². The molecule has 0 fully saturated rings. The Morgan fingerprint density at radius 1 is 1.17 bits per heavy atom. The van der Waals surface area contributed by atoms with Crippen LogP contribution in [0.5, 0.6) is 0 Å². The van der Waals surface area contributed by atoms with E-state index in [-0.39, 0.29) is 136 Å². The molecule has 0 bridgehead atoms. The molecule has 0 N–H and O–H groups in total. The standard InChI is InChI=1S/2Ca.Mn.O.2Zn.4H/q2*+2;;;;;4*-1. The molecule has 0 aliphatic heterocycles. The fourth-order valence-electron chi connectivity index (χ4n) is 0. The van der Waals surface area contributed by atoms with Crippen LogP contribution in [0.25, 0.3) is 0 Å². The van der Waals surface area contributed by atoms with Gasteiger partial charge in [-0.1, -0.05) is 0 Å². The first kappa shape index (κ1) is 32.2. The van der Waals surface area contributed by atoms with Gasteiger partial charge in [0.25, 0.3) is 0 Å². The number of rotatable bonds is 0. The average Bonchev–Trinajstić information content (AvgIpc) is 1.00. The van der Waals surface area contributed by atoms with Crippen molar-refractivity contribution in [3.8, 4) is 0 Å². The van der Waals surface area contributed by atoms with E-state index in [0.717, 1.165) is 0 Å². The minimum absolute atomic E-state index is 0. The zero-order valence-electron chi connectivity index (χ0n) is 7.61. The first-order valence-corrected chi connectivity index (χ1v) is 1.50. The summed E-state index contributed by atoms with van der Waals surface area (Å²) in [6.07, 6.45) is 0. The van der Waals surface area contributed by atoms with Crippen LogP contribution >= 0.6 is 0 Å². The Balaban J connectivity index is -0.000000000179. The topological polar surface area (TPSA) is 17.1 Å². The third-order valence-electron chi connectivity index (χ3n) is 0. The van der Waals surface area contributed by atoms with Crippen molar-refractivity contribution in [1.82, 2.24) is 0 Å². The van der Waals surface area contributed by atoms with Gasteiger partial charge in [-0.25, -0.2) is 0 Å². The summed E-state index contributed by atoms with van der Waals surface area (Å²) in [5, 5.41) is 0. The van der Waals surface area contributed by atoms with Gasteiger partial charge in [-0.15, -0.1) is 0 Å². The van der Waals surface area contributed by atoms with Gasteiger partial charge in [0.2, 0.25) is 0 Å². The average molecular weight is 286 g/mol. The smallest absolute Gasteiger partial charge is 0 e. The molecule has 0 aromatic carbocycles. The second-order valence-corrected chi connectivity index (χ2v) is 0. The minimum Gasteiger partial charge on any atom is 0 e. The Morgan fingerprint density at radius 3 is 1.17 bits per heavy atom. The number of hydrogen-bond donors (Lipinski definition) is 0. The predicted octanol–water partition coefficient (Wildman–Crippen LogP) is -0.438. The Kier molecular flexibility index (Phi) is 191. The van der Waals surface area contributed by atoms with Crippen molar-refractivity contribution in [2.24, 2.45) is 0 Å². The minimum atomic E-state index is 0. The Hall–Kier alpha value is 4.09. The molecule has 0 aromatic rings. The van der Waals surface area contributed by atoms with Gasteiger partial charge in [-0.05, 0) is 0 Å². The third kappa shape index (κ3) is 24.3. The van der Waals surface area contributed by atoms with Crippen LogP contribution < -0.4 is 0 Å². The van der Waals surface area contributed by atoms with E-state index in [0.29, 0.717) is 0 Å². The molecule has 6 heavy (non-hydrogen) atoms. The van der Waals surface area contributed by atoms with E-state index in [1.807, 2.05) is 0 Å². The van der Waals surface area contributed by atoms with Crippen molar-refractivity contribution in [3.05, 3.63) is 0 Å². The predicted molar refractivity (Wildman–Crippen MR) is 16.6 cm³/mol. The molecule has 0 aliphatic carbocycles. The van der Waals surface area contributed by atoms with E-state index in [9.17, 15) is 0 Å². The van der Waals surface area contributed by atoms with Crippen molar-refractivity contribution in [2.45, 2.75) is 0 Å². The van der Waals surface area contributed by atoms with Gasteiger partial charge in [0.15, 0.2) is 0 Å². The van der Waals surface area contributed by atoms with Crippen molar-refractivity contribution >= 4 is 75.5 Å². The molecular weight excluding hydrogens is 282 g/mol. The molecule has 0 unspecified atom stereocenters. The van der Waals surface area contributed by atoms with Gasteiger partial charge >= 0.3 is 97.3 Å². The van der Waals surface area contributed by atoms with Crippen LogP contribution in [0.1, 0.15) is 5.71 Å². The quantitative estimate of drug-likeness (QED) is 0.552. The van der Waals surface area contributed by atoms with Crippen molar-refractivity contribution < 1.29 is 64.1 Å². The summed E-state index contributed by atoms with van der Waals surface area (Å²) in [5.74, 6) is 0. The molecule has 0 heterocycles. The molecule has 0 aromatic heterocycles. The van der Waals surface area contributed by atoms with Gasteiger partial charge in [0, 0.05) is 36.5 Å². The molecular formula is H4Ca2MnOZn2. The summed E-state index contributed by atoms with van der Waals surface area (Å²) >= 11 is 0.125. The van der Waals surface area contributed by atoms with Gasteiger partial charge < -0.3 is 5.71 Å². The zero-order chi connectivity index (χ0) is 2.00. The maximum atomic E-state index is 8.38. The molecule has 0 spiro atoms. The van der Waals surface area contributed by atoms with Crippen molar-refractivity contribution in [2.75, 3.05) is 0 Å². The molecule has 1 radical (unpaired) electrons. The summed E-state index contributed by atoms with van der Waals surface area (Å²) in [7, 11) is 0. The van der Waals surface area contributed by atoms with Gasteiger partial charge in [0.05, 0.1) is 0 Å². The first-order valence-electron chi connectivity index (χ1n) is 0.289. The summed E-state index contributed by atoms with van der Waals surface area (Å²) in [6, 6.07) is 0. The van der Waals surface area contributed by atoms with E-state index in [1.54, 1.807) is 0 Å². The summed E-state index contributed by atoms with van der Waals surface area (Å²) in [4.78, 5) is 0. The summed E-state index contributed by atoms with van der Waals surface area (Å²) in [6.45, 7) is 0. The molecule has 25 valence electrons. The van der Waals surface area contributed by atoms with Crippen LogP contribution in [0.3, 0.4) is 0 Å². The second-order valence-electron chi connectivity index (χ2n) is 0. The maximum Gasteiger partial charge on any atom is 0 e. The largest absolute Gasteiger partial charge is 0 e. The fraction of sp³-hybridized carbons (Fsp3) is 0. The zero-order valence-corrected chi connectivity index (χ0v) is 15.1. The van der Waals surface area contributed by atoms with E-state index >= 15 is 0 Å². The monoisotopic (exact) mass is 283 g/mol. The van der Waals surface area contributed by atoms with Crippen LogP contribution in [-0.2, 0) is 58.4 Å². The molecule has 0 atom stereocenters. The summed E-state index contributed by atoms with van der Waals surface area (Å²) in [5.41, 5.74) is 0. The molecule has 1 nitrogen and oxygen atoms in total. The Labute approximate surface area is 136 Å². The SMILES string of the molecule is [Ca+2].[Ca+2].[H-].[H-].[H-].[H-].[Mn].[O]=[Zn].[Zn]. The van der Waals surface area contributed by atoms with Crippen LogP contribution in [-0.4, -0.2) is 75.5 Å². The fourth-order valence-corrected chi connectivity index (χ4v) is 0. The molecule has 0 rings (SSSR count). The van der Waals surface area contributed by atoms with Crippen LogP contribution in [0, 0.1) is 0 Å². The summed E-state index contributed by atoms with van der Waals surface area (Å²) < 4.78 is 8.38. The molecule has 0 amide bonds. The maximum absolute atomic E-state index is 8.38. The normalized spacial score (nSPS) is 1.00. The number of hydrogen-bond acceptors (Lipinski definition) is 1. The van der Waals surface area contributed by atoms with Crippen molar-refractivity contribution in [1.29, 1.82) is 0 Å². The van der Waals surface area contributed by atoms with E-state index in [1.165, 1.54) is 0 Å². The molecule has 0 aliphatic rings. The Morgan fingerprint density at radius 2 is 1.17 bits per heavy atom. The van der Waals surface area contributed by atoms with Crippen LogP contribution in [0.15, 0.2) is 0 Å². The molecule has 6 heteroatoms. The third-order valence-corrected chi connectivity index (χ3v) is 0. The molecule has 0 saturated heterocycles. The first-order chi connectivity index (χ1) is 1.00.